The predicted molar refractivity (Wildman–Crippen MR) is 77.6 cm³/mol. The zero-order chi connectivity index (χ0) is 13.3. The van der Waals surface area contributed by atoms with Gasteiger partial charge in [0.05, 0.1) is 0 Å². The Morgan fingerprint density at radius 1 is 1.28 bits per heavy atom. The summed E-state index contributed by atoms with van der Waals surface area (Å²) in [6.07, 6.45) is 1.11. The van der Waals surface area contributed by atoms with Gasteiger partial charge in [-0.15, -0.1) is 0 Å². The van der Waals surface area contributed by atoms with E-state index >= 15 is 0 Å². The molecule has 1 aliphatic heterocycles. The van der Waals surface area contributed by atoms with E-state index in [0.717, 1.165) is 26.1 Å². The lowest BCUT2D eigenvalue weighted by Crippen LogP contribution is -2.52. The third kappa shape index (κ3) is 2.93. The van der Waals surface area contributed by atoms with Crippen LogP contribution in [0.1, 0.15) is 37.0 Å². The van der Waals surface area contributed by atoms with Crippen LogP contribution < -0.4 is 5.73 Å². The molecule has 1 aromatic rings. The van der Waals surface area contributed by atoms with Crippen LogP contribution in [-0.2, 0) is 6.54 Å². The second-order valence-electron chi connectivity index (χ2n) is 6.51. The Morgan fingerprint density at radius 2 is 2.00 bits per heavy atom. The minimum absolute atomic E-state index is 0.234. The fraction of sp³-hybridized carbons (Fsp3) is 0.625. The first-order valence-corrected chi connectivity index (χ1v) is 6.92. The molecule has 1 saturated heterocycles. The molecule has 1 unspecified atom stereocenters. The monoisotopic (exact) mass is 246 g/mol. The van der Waals surface area contributed by atoms with Gasteiger partial charge in [-0.1, -0.05) is 32.0 Å². The quantitative estimate of drug-likeness (QED) is 0.869. The lowest BCUT2D eigenvalue weighted by Gasteiger charge is -2.42. The van der Waals surface area contributed by atoms with E-state index in [0.29, 0.717) is 6.04 Å². The summed E-state index contributed by atoms with van der Waals surface area (Å²) < 4.78 is 0. The lowest BCUT2D eigenvalue weighted by molar-refractivity contribution is 0.0899. The predicted octanol–water partition coefficient (Wildman–Crippen LogP) is 2.86. The van der Waals surface area contributed by atoms with E-state index in [4.69, 9.17) is 5.73 Å². The zero-order valence-electron chi connectivity index (χ0n) is 12.2. The van der Waals surface area contributed by atoms with Crippen molar-refractivity contribution >= 4 is 0 Å². The summed E-state index contributed by atoms with van der Waals surface area (Å²) >= 11 is 0. The highest BCUT2D eigenvalue weighted by molar-refractivity contribution is 5.29. The smallest absolute Gasteiger partial charge is 0.0234 e. The van der Waals surface area contributed by atoms with E-state index in [1.54, 1.807) is 0 Å². The maximum atomic E-state index is 6.19. The van der Waals surface area contributed by atoms with Crippen LogP contribution in [0.2, 0.25) is 0 Å². The van der Waals surface area contributed by atoms with Gasteiger partial charge in [-0.05, 0) is 42.4 Å². The summed E-state index contributed by atoms with van der Waals surface area (Å²) in [5.74, 6) is 0. The second kappa shape index (κ2) is 5.02. The minimum atomic E-state index is 0.234. The van der Waals surface area contributed by atoms with E-state index in [2.05, 4.69) is 50.8 Å². The molecule has 18 heavy (non-hydrogen) atoms. The van der Waals surface area contributed by atoms with E-state index in [1.165, 1.54) is 16.7 Å². The van der Waals surface area contributed by atoms with Crippen molar-refractivity contribution in [2.24, 2.45) is 11.1 Å². The van der Waals surface area contributed by atoms with E-state index in [1.807, 2.05) is 0 Å². The largest absolute Gasteiger partial charge is 0.327 e. The fourth-order valence-electron chi connectivity index (χ4n) is 2.78. The highest BCUT2D eigenvalue weighted by Gasteiger charge is 2.33. The van der Waals surface area contributed by atoms with Gasteiger partial charge in [0.2, 0.25) is 0 Å². The Labute approximate surface area is 111 Å². The van der Waals surface area contributed by atoms with Crippen molar-refractivity contribution in [2.45, 2.75) is 46.7 Å². The maximum absolute atomic E-state index is 6.19. The van der Waals surface area contributed by atoms with Crippen molar-refractivity contribution in [3.8, 4) is 0 Å². The lowest BCUT2D eigenvalue weighted by atomic mass is 9.79. The molecule has 1 fully saturated rings. The molecule has 2 heteroatoms. The van der Waals surface area contributed by atoms with Crippen LogP contribution in [0, 0.1) is 19.3 Å². The summed E-state index contributed by atoms with van der Waals surface area (Å²) in [6, 6.07) is 7.14. The average molecular weight is 246 g/mol. The van der Waals surface area contributed by atoms with E-state index < -0.39 is 0 Å². The molecule has 0 aliphatic carbocycles. The fourth-order valence-corrected chi connectivity index (χ4v) is 2.78. The Hall–Kier alpha value is -0.860. The van der Waals surface area contributed by atoms with Crippen LogP contribution in [0.3, 0.4) is 0 Å². The topological polar surface area (TPSA) is 29.3 Å². The van der Waals surface area contributed by atoms with Crippen molar-refractivity contribution in [3.63, 3.8) is 0 Å². The number of aryl methyl sites for hydroxylation is 2. The number of nitrogens with two attached hydrogens (primary N) is 1. The first-order chi connectivity index (χ1) is 8.38. The van der Waals surface area contributed by atoms with Gasteiger partial charge < -0.3 is 5.73 Å². The molecule has 0 aromatic heterocycles. The Kier molecular flexibility index (Phi) is 3.79. The molecule has 1 aromatic carbocycles. The van der Waals surface area contributed by atoms with Gasteiger partial charge in [-0.2, -0.15) is 0 Å². The van der Waals surface area contributed by atoms with Gasteiger partial charge in [0.15, 0.2) is 0 Å². The molecular weight excluding hydrogens is 220 g/mol. The maximum Gasteiger partial charge on any atom is 0.0234 e. The Bertz CT molecular complexity index is 423. The number of benzene rings is 1. The summed E-state index contributed by atoms with van der Waals surface area (Å²) in [6.45, 7) is 12.2. The van der Waals surface area contributed by atoms with Crippen LogP contribution in [0.5, 0.6) is 0 Å². The van der Waals surface area contributed by atoms with Gasteiger partial charge >= 0.3 is 0 Å². The summed E-state index contributed by atoms with van der Waals surface area (Å²) in [4.78, 5) is 2.54. The van der Waals surface area contributed by atoms with Crippen LogP contribution >= 0.6 is 0 Å². The van der Waals surface area contributed by atoms with Gasteiger partial charge in [-0.3, -0.25) is 4.90 Å². The van der Waals surface area contributed by atoms with Gasteiger partial charge in [0.25, 0.3) is 0 Å². The number of likely N-dealkylation sites (tertiary alicyclic amines) is 1. The van der Waals surface area contributed by atoms with Crippen LogP contribution in [0.4, 0.5) is 0 Å². The van der Waals surface area contributed by atoms with Gasteiger partial charge in [0, 0.05) is 25.7 Å². The molecule has 0 bridgehead atoms. The number of rotatable bonds is 2. The van der Waals surface area contributed by atoms with Crippen LogP contribution in [-0.4, -0.2) is 24.0 Å². The number of hydrogen-bond acceptors (Lipinski definition) is 2. The first-order valence-electron chi connectivity index (χ1n) is 6.92. The van der Waals surface area contributed by atoms with E-state index in [-0.39, 0.29) is 5.41 Å². The number of nitrogens with zero attached hydrogens (tertiary/aromatic N) is 1. The third-order valence-corrected chi connectivity index (χ3v) is 4.37. The third-order valence-electron chi connectivity index (χ3n) is 4.37. The molecule has 1 heterocycles. The molecule has 0 saturated carbocycles. The Balaban J connectivity index is 2.04. The summed E-state index contributed by atoms with van der Waals surface area (Å²) in [5, 5.41) is 0. The van der Waals surface area contributed by atoms with Crippen molar-refractivity contribution < 1.29 is 0 Å². The summed E-state index contributed by atoms with van der Waals surface area (Å²) in [7, 11) is 0. The molecule has 0 amide bonds. The normalized spacial score (nSPS) is 24.2. The van der Waals surface area contributed by atoms with Crippen molar-refractivity contribution in [1.29, 1.82) is 0 Å². The molecule has 2 N–H and O–H groups in total. The van der Waals surface area contributed by atoms with Gasteiger partial charge in [-0.25, -0.2) is 0 Å². The Morgan fingerprint density at radius 3 is 2.61 bits per heavy atom. The van der Waals surface area contributed by atoms with Crippen molar-refractivity contribution in [2.75, 3.05) is 13.1 Å². The molecule has 1 aliphatic rings. The zero-order valence-corrected chi connectivity index (χ0v) is 12.2. The molecular formula is C16H26N2. The molecule has 2 nitrogen and oxygen atoms in total. The highest BCUT2D eigenvalue weighted by atomic mass is 15.1. The average Bonchev–Trinajstić information content (AvgIpc) is 2.28. The van der Waals surface area contributed by atoms with Gasteiger partial charge in [0.1, 0.15) is 0 Å². The second-order valence-corrected chi connectivity index (χ2v) is 6.51. The molecule has 1 atom stereocenters. The standard InChI is InChI=1S/C16H26N2/c1-12-5-6-14(9-13(12)2)10-18-8-7-15(17)16(3,4)11-18/h5-6,9,15H,7-8,10-11,17H2,1-4H3. The van der Waals surface area contributed by atoms with E-state index in [9.17, 15) is 0 Å². The minimum Gasteiger partial charge on any atom is -0.327 e. The van der Waals surface area contributed by atoms with Crippen LogP contribution in [0.15, 0.2) is 18.2 Å². The number of hydrogen-bond donors (Lipinski definition) is 1. The van der Waals surface area contributed by atoms with Crippen LogP contribution in [0.25, 0.3) is 0 Å². The number of piperidine rings is 1. The first kappa shape index (κ1) is 13.6. The molecule has 0 spiro atoms. The van der Waals surface area contributed by atoms with Crippen molar-refractivity contribution in [1.82, 2.24) is 4.90 Å². The summed E-state index contributed by atoms with van der Waals surface area (Å²) in [5.41, 5.74) is 10.6. The molecule has 100 valence electrons. The molecule has 2 rings (SSSR count). The molecule has 0 radical (unpaired) electrons. The SMILES string of the molecule is Cc1ccc(CN2CCC(N)C(C)(C)C2)cc1C. The van der Waals surface area contributed by atoms with Crippen molar-refractivity contribution in [3.05, 3.63) is 34.9 Å². The highest BCUT2D eigenvalue weighted by Crippen LogP contribution is 2.28.